The molecule has 0 bridgehead atoms. The van der Waals surface area contributed by atoms with Crippen molar-refractivity contribution in [3.63, 3.8) is 0 Å². The van der Waals surface area contributed by atoms with Crippen LogP contribution in [0.25, 0.3) is 0 Å². The van der Waals surface area contributed by atoms with Crippen molar-refractivity contribution in [2.45, 2.75) is 32.1 Å². The molecule has 0 radical (unpaired) electrons. The summed E-state index contributed by atoms with van der Waals surface area (Å²) in [6, 6.07) is 5.77. The number of anilines is 1. The van der Waals surface area contributed by atoms with Crippen LogP contribution in [0.1, 0.15) is 31.2 Å². The van der Waals surface area contributed by atoms with Crippen LogP contribution in [-0.2, 0) is 6.42 Å². The predicted octanol–water partition coefficient (Wildman–Crippen LogP) is 3.31. The molecule has 0 aromatic heterocycles. The van der Waals surface area contributed by atoms with E-state index >= 15 is 0 Å². The Morgan fingerprint density at radius 2 is 1.89 bits per heavy atom. The molecular formula is C16H25FN2. The molecule has 0 amide bonds. The highest BCUT2D eigenvalue weighted by atomic mass is 19.1. The molecule has 19 heavy (non-hydrogen) atoms. The molecule has 106 valence electrons. The average molecular weight is 264 g/mol. The second-order valence-electron chi connectivity index (χ2n) is 5.73. The van der Waals surface area contributed by atoms with E-state index in [4.69, 9.17) is 0 Å². The van der Waals surface area contributed by atoms with E-state index in [-0.39, 0.29) is 5.82 Å². The van der Waals surface area contributed by atoms with E-state index in [0.29, 0.717) is 0 Å². The van der Waals surface area contributed by atoms with Crippen molar-refractivity contribution in [1.29, 1.82) is 0 Å². The lowest BCUT2D eigenvalue weighted by Gasteiger charge is -2.29. The average Bonchev–Trinajstić information content (AvgIpc) is 2.41. The van der Waals surface area contributed by atoms with E-state index in [1.807, 2.05) is 6.07 Å². The third kappa shape index (κ3) is 4.20. The van der Waals surface area contributed by atoms with Gasteiger partial charge in [-0.2, -0.15) is 0 Å². The monoisotopic (exact) mass is 264 g/mol. The summed E-state index contributed by atoms with van der Waals surface area (Å²) >= 11 is 0. The minimum Gasteiger partial charge on any atom is -0.371 e. The Hall–Kier alpha value is -1.09. The molecular weight excluding hydrogens is 239 g/mol. The number of hydrogen-bond acceptors (Lipinski definition) is 2. The normalized spacial score (nSPS) is 16.1. The first-order valence-corrected chi connectivity index (χ1v) is 7.35. The third-order valence-electron chi connectivity index (χ3n) is 3.81. The molecule has 1 aromatic carbocycles. The Labute approximate surface area is 116 Å². The molecule has 0 N–H and O–H groups in total. The van der Waals surface area contributed by atoms with Crippen LogP contribution in [0.3, 0.4) is 0 Å². The van der Waals surface area contributed by atoms with E-state index in [0.717, 1.165) is 43.7 Å². The highest BCUT2D eigenvalue weighted by Crippen LogP contribution is 2.23. The van der Waals surface area contributed by atoms with Gasteiger partial charge in [-0.1, -0.05) is 6.07 Å². The van der Waals surface area contributed by atoms with E-state index in [1.54, 1.807) is 6.07 Å². The summed E-state index contributed by atoms with van der Waals surface area (Å²) in [6.07, 6.45) is 5.59. The summed E-state index contributed by atoms with van der Waals surface area (Å²) < 4.78 is 14.1. The van der Waals surface area contributed by atoms with Crippen molar-refractivity contribution < 1.29 is 4.39 Å². The van der Waals surface area contributed by atoms with Crippen molar-refractivity contribution in [2.75, 3.05) is 38.6 Å². The minimum atomic E-state index is -0.0400. The molecule has 1 heterocycles. The summed E-state index contributed by atoms with van der Waals surface area (Å²) in [5.41, 5.74) is 1.90. The fourth-order valence-electron chi connectivity index (χ4n) is 2.67. The smallest absolute Gasteiger partial charge is 0.128 e. The molecule has 1 aliphatic rings. The summed E-state index contributed by atoms with van der Waals surface area (Å²) in [5.74, 6) is -0.0400. The predicted molar refractivity (Wildman–Crippen MR) is 79.3 cm³/mol. The van der Waals surface area contributed by atoms with Gasteiger partial charge in [0.25, 0.3) is 0 Å². The highest BCUT2D eigenvalue weighted by molar-refractivity contribution is 5.48. The van der Waals surface area contributed by atoms with Crippen LogP contribution in [0.2, 0.25) is 0 Å². The molecule has 0 atom stereocenters. The van der Waals surface area contributed by atoms with Crippen molar-refractivity contribution in [3.05, 3.63) is 29.6 Å². The molecule has 0 unspecified atom stereocenters. The van der Waals surface area contributed by atoms with Crippen LogP contribution in [0.5, 0.6) is 0 Å². The van der Waals surface area contributed by atoms with Gasteiger partial charge in [-0.3, -0.25) is 0 Å². The Morgan fingerprint density at radius 1 is 1.16 bits per heavy atom. The zero-order valence-electron chi connectivity index (χ0n) is 12.2. The molecule has 0 spiro atoms. The maximum absolute atomic E-state index is 14.1. The van der Waals surface area contributed by atoms with Gasteiger partial charge in [-0.05, 0) is 70.4 Å². The van der Waals surface area contributed by atoms with Gasteiger partial charge in [-0.15, -0.1) is 0 Å². The topological polar surface area (TPSA) is 6.48 Å². The van der Waals surface area contributed by atoms with Crippen molar-refractivity contribution in [3.8, 4) is 0 Å². The minimum absolute atomic E-state index is 0.0400. The molecule has 1 aromatic rings. The van der Waals surface area contributed by atoms with Crippen molar-refractivity contribution >= 4 is 5.69 Å². The van der Waals surface area contributed by atoms with Crippen LogP contribution in [-0.4, -0.2) is 38.6 Å². The van der Waals surface area contributed by atoms with Gasteiger partial charge >= 0.3 is 0 Å². The van der Waals surface area contributed by atoms with E-state index in [1.165, 1.54) is 19.3 Å². The van der Waals surface area contributed by atoms with Gasteiger partial charge in [0.2, 0.25) is 0 Å². The van der Waals surface area contributed by atoms with Crippen molar-refractivity contribution in [1.82, 2.24) is 4.90 Å². The molecule has 1 fully saturated rings. The van der Waals surface area contributed by atoms with Crippen LogP contribution in [0.15, 0.2) is 18.2 Å². The quantitative estimate of drug-likeness (QED) is 0.805. The maximum Gasteiger partial charge on any atom is 0.128 e. The number of aryl methyl sites for hydroxylation is 1. The van der Waals surface area contributed by atoms with Gasteiger partial charge in [-0.25, -0.2) is 4.39 Å². The Morgan fingerprint density at radius 3 is 2.53 bits per heavy atom. The highest BCUT2D eigenvalue weighted by Gasteiger charge is 2.12. The maximum atomic E-state index is 14.1. The van der Waals surface area contributed by atoms with E-state index in [2.05, 4.69) is 30.0 Å². The first-order chi connectivity index (χ1) is 9.16. The van der Waals surface area contributed by atoms with Gasteiger partial charge in [0.15, 0.2) is 0 Å². The van der Waals surface area contributed by atoms with Gasteiger partial charge in [0.1, 0.15) is 5.82 Å². The summed E-state index contributed by atoms with van der Waals surface area (Å²) in [7, 11) is 4.10. The molecule has 3 heteroatoms. The fourth-order valence-corrected chi connectivity index (χ4v) is 2.67. The standard InChI is InChI=1S/C16H25FN2/c1-18(2)10-6-7-14-8-9-15(13-16(14)17)19-11-4-3-5-12-19/h8-9,13H,3-7,10-12H2,1-2H3. The number of nitrogens with zero attached hydrogens (tertiary/aromatic N) is 2. The zero-order chi connectivity index (χ0) is 13.7. The van der Waals surface area contributed by atoms with Gasteiger partial charge < -0.3 is 9.80 Å². The fraction of sp³-hybridized carbons (Fsp3) is 0.625. The molecule has 1 aliphatic heterocycles. The number of benzene rings is 1. The lowest BCUT2D eigenvalue weighted by atomic mass is 10.1. The first kappa shape index (κ1) is 14.3. The molecule has 2 rings (SSSR count). The number of rotatable bonds is 5. The molecule has 2 nitrogen and oxygen atoms in total. The van der Waals surface area contributed by atoms with E-state index in [9.17, 15) is 4.39 Å². The Kier molecular flexibility index (Phi) is 5.20. The summed E-state index contributed by atoms with van der Waals surface area (Å²) in [4.78, 5) is 4.44. The zero-order valence-corrected chi connectivity index (χ0v) is 12.2. The largest absolute Gasteiger partial charge is 0.371 e. The lowest BCUT2D eigenvalue weighted by molar-refractivity contribution is 0.399. The third-order valence-corrected chi connectivity index (χ3v) is 3.81. The second kappa shape index (κ2) is 6.90. The van der Waals surface area contributed by atoms with Crippen LogP contribution in [0.4, 0.5) is 10.1 Å². The first-order valence-electron chi connectivity index (χ1n) is 7.35. The van der Waals surface area contributed by atoms with Crippen LogP contribution < -0.4 is 4.90 Å². The number of hydrogen-bond donors (Lipinski definition) is 0. The molecule has 0 aliphatic carbocycles. The molecule has 1 saturated heterocycles. The van der Waals surface area contributed by atoms with Gasteiger partial charge in [0.05, 0.1) is 0 Å². The van der Waals surface area contributed by atoms with Crippen LogP contribution in [0, 0.1) is 5.82 Å². The second-order valence-corrected chi connectivity index (χ2v) is 5.73. The number of halogens is 1. The van der Waals surface area contributed by atoms with Crippen LogP contribution >= 0.6 is 0 Å². The Balaban J connectivity index is 1.96. The summed E-state index contributed by atoms with van der Waals surface area (Å²) in [5, 5.41) is 0. The Bertz CT molecular complexity index is 398. The number of piperidine rings is 1. The van der Waals surface area contributed by atoms with Gasteiger partial charge in [0, 0.05) is 18.8 Å². The van der Waals surface area contributed by atoms with E-state index < -0.39 is 0 Å². The molecule has 0 saturated carbocycles. The summed E-state index contributed by atoms with van der Waals surface area (Å²) in [6.45, 7) is 3.14. The van der Waals surface area contributed by atoms with Crippen molar-refractivity contribution in [2.24, 2.45) is 0 Å². The SMILES string of the molecule is CN(C)CCCc1ccc(N2CCCCC2)cc1F. The lowest BCUT2D eigenvalue weighted by Crippen LogP contribution is -2.29.